The number of benzene rings is 1. The summed E-state index contributed by atoms with van der Waals surface area (Å²) in [6, 6.07) is 11.3. The highest BCUT2D eigenvalue weighted by molar-refractivity contribution is 14.0. The summed E-state index contributed by atoms with van der Waals surface area (Å²) in [6.07, 6.45) is 6.03. The van der Waals surface area contributed by atoms with E-state index in [1.807, 2.05) is 7.05 Å². The highest BCUT2D eigenvalue weighted by atomic mass is 127. The molecule has 1 aromatic heterocycles. The van der Waals surface area contributed by atoms with Gasteiger partial charge < -0.3 is 15.5 Å². The van der Waals surface area contributed by atoms with Crippen LogP contribution in [0.3, 0.4) is 0 Å². The monoisotopic (exact) mass is 554 g/mol. The van der Waals surface area contributed by atoms with E-state index in [1.54, 1.807) is 11.3 Å². The number of rotatable bonds is 8. The number of likely N-dealkylation sites (tertiary alicyclic amines) is 1. The fourth-order valence-corrected chi connectivity index (χ4v) is 5.27. The zero-order chi connectivity index (χ0) is 20.6. The maximum atomic E-state index is 4.81. The average Bonchev–Trinajstić information content (AvgIpc) is 3.53. The number of guanidine groups is 1. The van der Waals surface area contributed by atoms with Crippen molar-refractivity contribution < 1.29 is 0 Å². The smallest absolute Gasteiger partial charge is 0.191 e. The van der Waals surface area contributed by atoms with Gasteiger partial charge in [0.1, 0.15) is 0 Å². The molecule has 4 rings (SSSR count). The molecule has 2 N–H and O–H groups in total. The molecule has 8 heteroatoms. The number of nitrogens with zero attached hydrogens (tertiary/aromatic N) is 4. The lowest BCUT2D eigenvalue weighted by molar-refractivity contribution is 0.245. The van der Waals surface area contributed by atoms with Crippen LogP contribution < -0.4 is 15.5 Å². The van der Waals surface area contributed by atoms with Crippen molar-refractivity contribution in [2.75, 3.05) is 44.7 Å². The quantitative estimate of drug-likeness (QED) is 0.296. The molecule has 0 spiro atoms. The number of hydrogen-bond donors (Lipinski definition) is 2. The Hall–Kier alpha value is -1.39. The molecule has 170 valence electrons. The molecule has 31 heavy (non-hydrogen) atoms. The fourth-order valence-electron chi connectivity index (χ4n) is 4.36. The number of hydrogen-bond acceptors (Lipinski definition) is 5. The van der Waals surface area contributed by atoms with E-state index in [4.69, 9.17) is 4.98 Å². The topological polar surface area (TPSA) is 55.8 Å². The first-order valence-electron chi connectivity index (χ1n) is 11.2. The third-order valence-corrected chi connectivity index (χ3v) is 7.00. The molecule has 0 radical (unpaired) electrons. The molecule has 0 saturated carbocycles. The fraction of sp³-hybridized carbons (Fsp3) is 0.565. The Morgan fingerprint density at radius 2 is 1.94 bits per heavy atom. The minimum Gasteiger partial charge on any atom is -0.356 e. The minimum atomic E-state index is 0. The molecule has 2 fully saturated rings. The van der Waals surface area contributed by atoms with Crippen molar-refractivity contribution in [1.82, 2.24) is 20.5 Å². The first kappa shape index (κ1) is 24.3. The molecule has 0 bridgehead atoms. The van der Waals surface area contributed by atoms with Crippen molar-refractivity contribution in [1.29, 1.82) is 0 Å². The summed E-state index contributed by atoms with van der Waals surface area (Å²) in [5.41, 5.74) is 2.57. The largest absolute Gasteiger partial charge is 0.356 e. The van der Waals surface area contributed by atoms with E-state index >= 15 is 0 Å². The highest BCUT2D eigenvalue weighted by Gasteiger charge is 2.24. The molecule has 1 aromatic carbocycles. The van der Waals surface area contributed by atoms with Crippen LogP contribution in [-0.4, -0.2) is 61.7 Å². The Labute approximate surface area is 207 Å². The number of thiazole rings is 1. The van der Waals surface area contributed by atoms with Crippen LogP contribution in [-0.2, 0) is 13.0 Å². The molecule has 1 atom stereocenters. The van der Waals surface area contributed by atoms with E-state index < -0.39 is 0 Å². The second-order valence-corrected chi connectivity index (χ2v) is 9.03. The maximum absolute atomic E-state index is 4.81. The lowest BCUT2D eigenvalue weighted by atomic mass is 10.2. The van der Waals surface area contributed by atoms with Gasteiger partial charge in [-0.2, -0.15) is 0 Å². The van der Waals surface area contributed by atoms with Crippen molar-refractivity contribution in [3.05, 3.63) is 47.0 Å². The summed E-state index contributed by atoms with van der Waals surface area (Å²) in [5, 5.41) is 10.4. The molecule has 2 aliphatic rings. The van der Waals surface area contributed by atoms with Crippen molar-refractivity contribution in [3.8, 4) is 0 Å². The Balaban J connectivity index is 0.00000272. The van der Waals surface area contributed by atoms with Gasteiger partial charge in [-0.1, -0.05) is 30.3 Å². The van der Waals surface area contributed by atoms with E-state index in [0.29, 0.717) is 6.04 Å². The van der Waals surface area contributed by atoms with E-state index in [-0.39, 0.29) is 24.0 Å². The summed E-state index contributed by atoms with van der Waals surface area (Å²) >= 11 is 1.77. The number of nitrogens with one attached hydrogen (secondary N) is 2. The molecule has 6 nitrogen and oxygen atoms in total. The molecule has 2 saturated heterocycles. The van der Waals surface area contributed by atoms with Gasteiger partial charge in [-0.15, -0.1) is 35.3 Å². The Kier molecular flexibility index (Phi) is 9.86. The summed E-state index contributed by atoms with van der Waals surface area (Å²) < 4.78 is 0. The number of halogens is 1. The SMILES string of the molecule is CN=C(NCCc1csc(N2CCCC2)n1)NCC1CCCN1Cc1ccccc1.I. The Bertz CT molecular complexity index is 805. The van der Waals surface area contributed by atoms with Crippen LogP contribution in [0.4, 0.5) is 5.13 Å². The van der Waals surface area contributed by atoms with Crippen molar-refractivity contribution in [3.63, 3.8) is 0 Å². The lowest BCUT2D eigenvalue weighted by Gasteiger charge is -2.25. The van der Waals surface area contributed by atoms with Crippen LogP contribution >= 0.6 is 35.3 Å². The summed E-state index contributed by atoms with van der Waals surface area (Å²) in [7, 11) is 1.85. The first-order chi connectivity index (χ1) is 14.8. The zero-order valence-electron chi connectivity index (χ0n) is 18.4. The van der Waals surface area contributed by atoms with Gasteiger partial charge in [0.25, 0.3) is 0 Å². The molecule has 1 unspecified atom stereocenters. The van der Waals surface area contributed by atoms with Crippen LogP contribution in [0.1, 0.15) is 36.9 Å². The van der Waals surface area contributed by atoms with Gasteiger partial charge in [0.05, 0.1) is 5.69 Å². The van der Waals surface area contributed by atoms with Crippen molar-refractivity contribution in [2.45, 2.75) is 44.7 Å². The van der Waals surface area contributed by atoms with E-state index in [0.717, 1.165) is 45.1 Å². The van der Waals surface area contributed by atoms with Crippen LogP contribution in [0.2, 0.25) is 0 Å². The minimum absolute atomic E-state index is 0. The van der Waals surface area contributed by atoms with Crippen LogP contribution in [0, 0.1) is 0 Å². The highest BCUT2D eigenvalue weighted by Crippen LogP contribution is 2.24. The number of anilines is 1. The van der Waals surface area contributed by atoms with Crippen LogP contribution in [0.5, 0.6) is 0 Å². The average molecular weight is 555 g/mol. The molecule has 2 aliphatic heterocycles. The van der Waals surface area contributed by atoms with Gasteiger partial charge in [0.15, 0.2) is 11.1 Å². The van der Waals surface area contributed by atoms with Crippen LogP contribution in [0.15, 0.2) is 40.7 Å². The zero-order valence-corrected chi connectivity index (χ0v) is 21.6. The van der Waals surface area contributed by atoms with E-state index in [9.17, 15) is 0 Å². The van der Waals surface area contributed by atoms with Gasteiger partial charge in [0, 0.05) is 57.6 Å². The first-order valence-corrected chi connectivity index (χ1v) is 12.1. The lowest BCUT2D eigenvalue weighted by Crippen LogP contribution is -2.45. The van der Waals surface area contributed by atoms with Gasteiger partial charge >= 0.3 is 0 Å². The van der Waals surface area contributed by atoms with E-state index in [1.165, 1.54) is 48.6 Å². The number of aromatic nitrogens is 1. The molecule has 0 aliphatic carbocycles. The van der Waals surface area contributed by atoms with Gasteiger partial charge in [-0.25, -0.2) is 4.98 Å². The second kappa shape index (κ2) is 12.6. The third kappa shape index (κ3) is 7.05. The second-order valence-electron chi connectivity index (χ2n) is 8.20. The standard InChI is InChI=1S/C23H34N6S.HI/c1-24-22(25-12-11-20-18-30-23(27-20)28-13-5-6-14-28)26-16-21-10-7-15-29(21)17-19-8-3-2-4-9-19;/h2-4,8-9,18,21H,5-7,10-17H2,1H3,(H2,24,25,26);1H. The molecular weight excluding hydrogens is 519 g/mol. The predicted octanol–water partition coefficient (Wildman–Crippen LogP) is 3.73. The Morgan fingerprint density at radius 1 is 1.13 bits per heavy atom. The van der Waals surface area contributed by atoms with Crippen molar-refractivity contribution in [2.24, 2.45) is 4.99 Å². The normalized spacial score (nSPS) is 19.5. The summed E-state index contributed by atoms with van der Waals surface area (Å²) in [4.78, 5) is 14.2. The molecule has 2 aromatic rings. The summed E-state index contributed by atoms with van der Waals surface area (Å²) in [5.74, 6) is 0.886. The Morgan fingerprint density at radius 3 is 2.71 bits per heavy atom. The van der Waals surface area contributed by atoms with E-state index in [2.05, 4.69) is 61.1 Å². The molecule has 3 heterocycles. The predicted molar refractivity (Wildman–Crippen MR) is 142 cm³/mol. The summed E-state index contributed by atoms with van der Waals surface area (Å²) in [6.45, 7) is 6.30. The maximum Gasteiger partial charge on any atom is 0.191 e. The molecular formula is C23H35IN6S. The number of aliphatic imine (C=N–C) groups is 1. The third-order valence-electron chi connectivity index (χ3n) is 6.05. The van der Waals surface area contributed by atoms with Gasteiger partial charge in [0.2, 0.25) is 0 Å². The van der Waals surface area contributed by atoms with Crippen molar-refractivity contribution >= 4 is 46.4 Å². The molecule has 0 amide bonds. The van der Waals surface area contributed by atoms with Gasteiger partial charge in [-0.3, -0.25) is 9.89 Å². The van der Waals surface area contributed by atoms with Gasteiger partial charge in [-0.05, 0) is 37.8 Å². The van der Waals surface area contributed by atoms with Crippen LogP contribution in [0.25, 0.3) is 0 Å².